The molecule has 1 nitrogen and oxygen atoms in total. The summed E-state index contributed by atoms with van der Waals surface area (Å²) in [5, 5.41) is 0. The number of hydrogen-bond acceptors (Lipinski definition) is 1. The Kier molecular flexibility index (Phi) is 2.15. The van der Waals surface area contributed by atoms with Gasteiger partial charge in [0.25, 0.3) is 0 Å². The maximum Gasteiger partial charge on any atom is 0.193 e. The number of carbonyl (C=O) groups excluding carboxylic acids is 1. The van der Waals surface area contributed by atoms with Gasteiger partial charge in [-0.3, -0.25) is 4.79 Å². The lowest BCUT2D eigenvalue weighted by atomic mass is 9.77. The first-order valence-electron chi connectivity index (χ1n) is 5.93. The molecule has 1 aliphatic rings. The standard InChI is InChI=1S/C16H14O/c1-10-6-5-9-14-15(10)11(2)12-7-3-4-8-13(12)16(14)17/h3-9,11H,1-2H3/t11-/m0/s1. The molecule has 0 unspecified atom stereocenters. The molecule has 0 amide bonds. The summed E-state index contributed by atoms with van der Waals surface area (Å²) in [7, 11) is 0. The first-order chi connectivity index (χ1) is 8.20. The van der Waals surface area contributed by atoms with E-state index in [9.17, 15) is 4.79 Å². The Labute approximate surface area is 101 Å². The Morgan fingerprint density at radius 1 is 0.941 bits per heavy atom. The average Bonchev–Trinajstić information content (AvgIpc) is 2.36. The molecule has 3 rings (SSSR count). The lowest BCUT2D eigenvalue weighted by molar-refractivity contribution is 0.103. The highest BCUT2D eigenvalue weighted by Crippen LogP contribution is 2.37. The van der Waals surface area contributed by atoms with Crippen molar-refractivity contribution in [2.24, 2.45) is 0 Å². The zero-order valence-corrected chi connectivity index (χ0v) is 10.0. The fourth-order valence-electron chi connectivity index (χ4n) is 2.84. The molecule has 0 saturated carbocycles. The van der Waals surface area contributed by atoms with Gasteiger partial charge in [0.15, 0.2) is 5.78 Å². The fraction of sp³-hybridized carbons (Fsp3) is 0.188. The maximum absolute atomic E-state index is 12.4. The zero-order valence-electron chi connectivity index (χ0n) is 10.0. The molecule has 1 aliphatic carbocycles. The zero-order chi connectivity index (χ0) is 12.0. The van der Waals surface area contributed by atoms with Crippen molar-refractivity contribution in [2.45, 2.75) is 19.8 Å². The van der Waals surface area contributed by atoms with Crippen LogP contribution < -0.4 is 0 Å². The van der Waals surface area contributed by atoms with Gasteiger partial charge in [-0.05, 0) is 23.6 Å². The molecule has 84 valence electrons. The minimum absolute atomic E-state index is 0.164. The van der Waals surface area contributed by atoms with Crippen LogP contribution in [0.15, 0.2) is 42.5 Å². The van der Waals surface area contributed by atoms with Crippen LogP contribution in [0.25, 0.3) is 0 Å². The highest BCUT2D eigenvalue weighted by molar-refractivity contribution is 6.12. The second-order valence-corrected chi connectivity index (χ2v) is 4.67. The van der Waals surface area contributed by atoms with Crippen LogP contribution in [0.1, 0.15) is 45.5 Å². The van der Waals surface area contributed by atoms with Gasteiger partial charge < -0.3 is 0 Å². The molecule has 0 aliphatic heterocycles. The largest absolute Gasteiger partial charge is 0.289 e. The van der Waals surface area contributed by atoms with E-state index in [1.54, 1.807) is 0 Å². The Balaban J connectivity index is 2.33. The number of aryl methyl sites for hydroxylation is 1. The van der Waals surface area contributed by atoms with E-state index in [1.165, 1.54) is 11.1 Å². The van der Waals surface area contributed by atoms with Crippen LogP contribution in [0.3, 0.4) is 0 Å². The number of hydrogen-bond donors (Lipinski definition) is 0. The molecule has 0 radical (unpaired) electrons. The van der Waals surface area contributed by atoms with Gasteiger partial charge in [0, 0.05) is 17.0 Å². The summed E-state index contributed by atoms with van der Waals surface area (Å²) >= 11 is 0. The van der Waals surface area contributed by atoms with Gasteiger partial charge in [-0.2, -0.15) is 0 Å². The maximum atomic E-state index is 12.4. The Hall–Kier alpha value is -1.89. The molecule has 0 heterocycles. The van der Waals surface area contributed by atoms with Gasteiger partial charge in [-0.25, -0.2) is 0 Å². The van der Waals surface area contributed by atoms with Crippen LogP contribution in [-0.4, -0.2) is 5.78 Å². The van der Waals surface area contributed by atoms with Crippen molar-refractivity contribution in [1.82, 2.24) is 0 Å². The summed E-state index contributed by atoms with van der Waals surface area (Å²) in [6, 6.07) is 13.9. The van der Waals surface area contributed by atoms with Crippen molar-refractivity contribution in [1.29, 1.82) is 0 Å². The van der Waals surface area contributed by atoms with E-state index in [0.29, 0.717) is 5.92 Å². The number of fused-ring (bicyclic) bond motifs is 2. The summed E-state index contributed by atoms with van der Waals surface area (Å²) in [6.07, 6.45) is 0. The van der Waals surface area contributed by atoms with E-state index < -0.39 is 0 Å². The Morgan fingerprint density at radius 2 is 1.65 bits per heavy atom. The van der Waals surface area contributed by atoms with E-state index in [2.05, 4.69) is 26.0 Å². The second-order valence-electron chi connectivity index (χ2n) is 4.67. The molecule has 1 heteroatoms. The van der Waals surface area contributed by atoms with Crippen molar-refractivity contribution in [3.05, 3.63) is 70.3 Å². The third-order valence-electron chi connectivity index (χ3n) is 3.67. The Bertz CT molecular complexity index is 611. The van der Waals surface area contributed by atoms with E-state index in [4.69, 9.17) is 0 Å². The summed E-state index contributed by atoms with van der Waals surface area (Å²) in [5.74, 6) is 0.470. The molecule has 0 bridgehead atoms. The fourth-order valence-corrected chi connectivity index (χ4v) is 2.84. The Morgan fingerprint density at radius 3 is 2.47 bits per heavy atom. The SMILES string of the molecule is Cc1cccc2c1[C@@H](C)c1ccccc1C2=O. The molecule has 0 spiro atoms. The van der Waals surface area contributed by atoms with Crippen molar-refractivity contribution < 1.29 is 4.79 Å². The van der Waals surface area contributed by atoms with Crippen LogP contribution >= 0.6 is 0 Å². The first kappa shape index (κ1) is 10.3. The molecule has 1 atom stereocenters. The average molecular weight is 222 g/mol. The number of rotatable bonds is 0. The third-order valence-corrected chi connectivity index (χ3v) is 3.67. The van der Waals surface area contributed by atoms with Crippen LogP contribution in [0.4, 0.5) is 0 Å². The van der Waals surface area contributed by atoms with Crippen LogP contribution in [0.2, 0.25) is 0 Å². The van der Waals surface area contributed by atoms with Gasteiger partial charge in [-0.15, -0.1) is 0 Å². The quantitative estimate of drug-likeness (QED) is 0.664. The van der Waals surface area contributed by atoms with Gasteiger partial charge in [0.05, 0.1) is 0 Å². The molecule has 0 fully saturated rings. The van der Waals surface area contributed by atoms with Gasteiger partial charge in [0.2, 0.25) is 0 Å². The predicted molar refractivity (Wildman–Crippen MR) is 68.6 cm³/mol. The van der Waals surface area contributed by atoms with E-state index in [1.807, 2.05) is 30.3 Å². The summed E-state index contributed by atoms with van der Waals surface area (Å²) < 4.78 is 0. The summed E-state index contributed by atoms with van der Waals surface area (Å²) in [4.78, 5) is 12.4. The number of carbonyl (C=O) groups is 1. The van der Waals surface area contributed by atoms with Crippen molar-refractivity contribution >= 4 is 5.78 Å². The van der Waals surface area contributed by atoms with E-state index in [0.717, 1.165) is 16.7 Å². The summed E-state index contributed by atoms with van der Waals surface area (Å²) in [5.41, 5.74) is 5.28. The minimum Gasteiger partial charge on any atom is -0.289 e. The first-order valence-corrected chi connectivity index (χ1v) is 5.93. The van der Waals surface area contributed by atoms with Crippen LogP contribution in [0.5, 0.6) is 0 Å². The van der Waals surface area contributed by atoms with Crippen LogP contribution in [0, 0.1) is 6.92 Å². The smallest absolute Gasteiger partial charge is 0.193 e. The lowest BCUT2D eigenvalue weighted by Gasteiger charge is -2.26. The van der Waals surface area contributed by atoms with Crippen molar-refractivity contribution in [3.8, 4) is 0 Å². The van der Waals surface area contributed by atoms with E-state index in [-0.39, 0.29) is 5.78 Å². The van der Waals surface area contributed by atoms with E-state index >= 15 is 0 Å². The molecule has 2 aromatic rings. The summed E-state index contributed by atoms with van der Waals surface area (Å²) in [6.45, 7) is 4.26. The molecule has 0 N–H and O–H groups in total. The molecular formula is C16H14O. The topological polar surface area (TPSA) is 17.1 Å². The molecule has 2 aromatic carbocycles. The molecular weight excluding hydrogens is 208 g/mol. The predicted octanol–water partition coefficient (Wildman–Crippen LogP) is 3.69. The third kappa shape index (κ3) is 1.35. The molecule has 17 heavy (non-hydrogen) atoms. The highest BCUT2D eigenvalue weighted by atomic mass is 16.1. The van der Waals surface area contributed by atoms with Crippen molar-refractivity contribution in [3.63, 3.8) is 0 Å². The van der Waals surface area contributed by atoms with Gasteiger partial charge in [-0.1, -0.05) is 49.4 Å². The lowest BCUT2D eigenvalue weighted by Crippen LogP contribution is -2.18. The van der Waals surface area contributed by atoms with Crippen LogP contribution in [-0.2, 0) is 0 Å². The highest BCUT2D eigenvalue weighted by Gasteiger charge is 2.28. The number of ketones is 1. The monoisotopic (exact) mass is 222 g/mol. The normalized spacial score (nSPS) is 17.5. The van der Waals surface area contributed by atoms with Gasteiger partial charge in [0.1, 0.15) is 0 Å². The molecule has 0 saturated heterocycles. The van der Waals surface area contributed by atoms with Gasteiger partial charge >= 0.3 is 0 Å². The number of benzene rings is 2. The van der Waals surface area contributed by atoms with Crippen molar-refractivity contribution in [2.75, 3.05) is 0 Å². The second kappa shape index (κ2) is 3.56. The molecule has 0 aromatic heterocycles. The minimum atomic E-state index is 0.164.